The SMILES string of the molecule is CCCCCCCCCCCCC(O)CN(CCCCC)CC(O)CCCCCCCCCCCC.O=CO. The Morgan fingerprint density at radius 3 is 1.05 bits per heavy atom. The van der Waals surface area contributed by atoms with Gasteiger partial charge in [0.2, 0.25) is 0 Å². The predicted octanol–water partition coefficient (Wildman–Crippen LogP) is 9.52. The molecule has 0 rings (SSSR count). The normalized spacial score (nSPS) is 12.8. The van der Waals surface area contributed by atoms with Crippen molar-refractivity contribution >= 4 is 6.47 Å². The van der Waals surface area contributed by atoms with Gasteiger partial charge in [-0.15, -0.1) is 0 Å². The van der Waals surface area contributed by atoms with Crippen LogP contribution in [0.1, 0.15) is 181 Å². The van der Waals surface area contributed by atoms with Gasteiger partial charge in [-0.25, -0.2) is 0 Å². The van der Waals surface area contributed by atoms with Crippen molar-refractivity contribution in [2.24, 2.45) is 0 Å². The van der Waals surface area contributed by atoms with Crippen molar-refractivity contribution in [3.05, 3.63) is 0 Å². The lowest BCUT2D eigenvalue weighted by Gasteiger charge is -2.27. The van der Waals surface area contributed by atoms with Gasteiger partial charge in [0.25, 0.3) is 6.47 Å². The maximum Gasteiger partial charge on any atom is 0.290 e. The topological polar surface area (TPSA) is 81.0 Å². The van der Waals surface area contributed by atoms with E-state index in [1.54, 1.807) is 0 Å². The number of hydrogen-bond acceptors (Lipinski definition) is 4. The van der Waals surface area contributed by atoms with Crippen LogP contribution in [0.2, 0.25) is 0 Å². The molecule has 0 fully saturated rings. The molecule has 0 saturated heterocycles. The summed E-state index contributed by atoms with van der Waals surface area (Å²) in [7, 11) is 0. The Kier molecular flexibility index (Phi) is 36.7. The number of unbranched alkanes of at least 4 members (excludes halogenated alkanes) is 20. The Morgan fingerprint density at radius 1 is 0.487 bits per heavy atom. The average molecular weight is 558 g/mol. The smallest absolute Gasteiger partial charge is 0.290 e. The monoisotopic (exact) mass is 558 g/mol. The maximum atomic E-state index is 10.7. The Morgan fingerprint density at radius 2 is 0.744 bits per heavy atom. The third kappa shape index (κ3) is 35.3. The zero-order valence-corrected chi connectivity index (χ0v) is 26.7. The molecule has 2 atom stereocenters. The van der Waals surface area contributed by atoms with E-state index in [-0.39, 0.29) is 18.7 Å². The van der Waals surface area contributed by atoms with Crippen LogP contribution in [-0.4, -0.2) is 58.5 Å². The van der Waals surface area contributed by atoms with E-state index >= 15 is 0 Å². The molecule has 5 heteroatoms. The van der Waals surface area contributed by atoms with E-state index in [4.69, 9.17) is 9.90 Å². The van der Waals surface area contributed by atoms with Crippen molar-refractivity contribution in [3.63, 3.8) is 0 Å². The lowest BCUT2D eigenvalue weighted by molar-refractivity contribution is -0.122. The van der Waals surface area contributed by atoms with E-state index < -0.39 is 0 Å². The fraction of sp³-hybridized carbons (Fsp3) is 0.971. The van der Waals surface area contributed by atoms with Crippen molar-refractivity contribution in [2.75, 3.05) is 19.6 Å². The first-order valence-corrected chi connectivity index (χ1v) is 17.2. The standard InChI is InChI=1S/C33H69NO2.CH2O2/c1-4-7-10-12-14-16-18-20-22-24-27-32(35)30-34(29-26-9-6-3)31-33(36)28-25-23-21-19-17-15-13-11-8-5-2;2-1-3/h32-33,35-36H,4-31H2,1-3H3;1H,(H,2,3). The molecule has 0 aromatic rings. The molecule has 2 unspecified atom stereocenters. The van der Waals surface area contributed by atoms with Gasteiger partial charge >= 0.3 is 0 Å². The van der Waals surface area contributed by atoms with Crippen LogP contribution in [0.25, 0.3) is 0 Å². The molecule has 0 aliphatic rings. The summed E-state index contributed by atoms with van der Waals surface area (Å²) in [4.78, 5) is 10.7. The van der Waals surface area contributed by atoms with Crippen molar-refractivity contribution in [3.8, 4) is 0 Å². The first-order chi connectivity index (χ1) is 19.0. The highest BCUT2D eigenvalue weighted by molar-refractivity contribution is 5.32. The predicted molar refractivity (Wildman–Crippen MR) is 170 cm³/mol. The summed E-state index contributed by atoms with van der Waals surface area (Å²) in [5.74, 6) is 0. The molecule has 236 valence electrons. The van der Waals surface area contributed by atoms with Crippen molar-refractivity contribution in [1.82, 2.24) is 4.90 Å². The van der Waals surface area contributed by atoms with Gasteiger partial charge in [-0.1, -0.05) is 162 Å². The Hall–Kier alpha value is -0.650. The van der Waals surface area contributed by atoms with Crippen LogP contribution in [0.3, 0.4) is 0 Å². The molecule has 0 heterocycles. The molecule has 0 aromatic carbocycles. The Balaban J connectivity index is 0. The van der Waals surface area contributed by atoms with E-state index in [0.717, 1.165) is 45.3 Å². The first kappa shape index (κ1) is 40.5. The second-order valence-corrected chi connectivity index (χ2v) is 11.8. The highest BCUT2D eigenvalue weighted by atomic mass is 16.3. The second kappa shape index (κ2) is 35.4. The third-order valence-electron chi connectivity index (χ3n) is 7.80. The number of hydrogen-bond donors (Lipinski definition) is 3. The summed E-state index contributed by atoms with van der Waals surface area (Å²) >= 11 is 0. The van der Waals surface area contributed by atoms with Gasteiger partial charge < -0.3 is 15.3 Å². The highest BCUT2D eigenvalue weighted by Gasteiger charge is 2.15. The number of rotatable bonds is 30. The number of aliphatic hydroxyl groups is 2. The molecular formula is C34H71NO4. The molecular weight excluding hydrogens is 486 g/mol. The molecule has 5 nitrogen and oxygen atoms in total. The van der Waals surface area contributed by atoms with Gasteiger partial charge in [0, 0.05) is 13.1 Å². The first-order valence-electron chi connectivity index (χ1n) is 17.2. The molecule has 0 aliphatic carbocycles. The molecule has 0 aliphatic heterocycles. The third-order valence-corrected chi connectivity index (χ3v) is 7.80. The number of carbonyl (C=O) groups is 1. The fourth-order valence-corrected chi connectivity index (χ4v) is 5.36. The van der Waals surface area contributed by atoms with Crippen LogP contribution < -0.4 is 0 Å². The molecule has 39 heavy (non-hydrogen) atoms. The minimum absolute atomic E-state index is 0.245. The summed E-state index contributed by atoms with van der Waals surface area (Å²) < 4.78 is 0. The molecule has 0 saturated carbocycles. The van der Waals surface area contributed by atoms with Crippen molar-refractivity contribution in [1.29, 1.82) is 0 Å². The number of carboxylic acid groups (broad SMARTS) is 1. The molecule has 0 aromatic heterocycles. The van der Waals surface area contributed by atoms with Crippen LogP contribution in [0.4, 0.5) is 0 Å². The summed E-state index contributed by atoms with van der Waals surface area (Å²) in [6, 6.07) is 0. The van der Waals surface area contributed by atoms with Crippen LogP contribution in [0, 0.1) is 0 Å². The average Bonchev–Trinajstić information content (AvgIpc) is 2.91. The summed E-state index contributed by atoms with van der Waals surface area (Å²) in [5.41, 5.74) is 0. The second-order valence-electron chi connectivity index (χ2n) is 11.8. The molecule has 0 amide bonds. The zero-order valence-electron chi connectivity index (χ0n) is 26.7. The van der Waals surface area contributed by atoms with Crippen LogP contribution in [0.5, 0.6) is 0 Å². The Bertz CT molecular complexity index is 417. The molecule has 0 spiro atoms. The maximum absolute atomic E-state index is 10.7. The summed E-state index contributed by atoms with van der Waals surface area (Å²) in [6.45, 7) is 9.02. The summed E-state index contributed by atoms with van der Waals surface area (Å²) in [5, 5.41) is 28.2. The quantitative estimate of drug-likeness (QED) is 0.0605. The van der Waals surface area contributed by atoms with Crippen LogP contribution in [0.15, 0.2) is 0 Å². The van der Waals surface area contributed by atoms with Crippen LogP contribution in [-0.2, 0) is 4.79 Å². The van der Waals surface area contributed by atoms with E-state index in [0.29, 0.717) is 0 Å². The largest absolute Gasteiger partial charge is 0.483 e. The number of aliphatic hydroxyl groups excluding tert-OH is 2. The zero-order chi connectivity index (χ0) is 29.2. The van der Waals surface area contributed by atoms with Gasteiger partial charge in [0.05, 0.1) is 12.2 Å². The van der Waals surface area contributed by atoms with E-state index in [2.05, 4.69) is 25.7 Å². The lowest BCUT2D eigenvalue weighted by atomic mass is 10.0. The Labute approximate surface area is 244 Å². The lowest BCUT2D eigenvalue weighted by Crippen LogP contribution is -2.38. The minimum atomic E-state index is -0.250. The van der Waals surface area contributed by atoms with Gasteiger partial charge in [0.1, 0.15) is 0 Å². The van der Waals surface area contributed by atoms with Gasteiger partial charge in [-0.05, 0) is 25.8 Å². The van der Waals surface area contributed by atoms with E-state index in [9.17, 15) is 10.2 Å². The van der Waals surface area contributed by atoms with Gasteiger partial charge in [-0.3, -0.25) is 9.69 Å². The van der Waals surface area contributed by atoms with Crippen molar-refractivity contribution < 1.29 is 20.1 Å². The van der Waals surface area contributed by atoms with Gasteiger partial charge in [-0.2, -0.15) is 0 Å². The van der Waals surface area contributed by atoms with Crippen LogP contribution >= 0.6 is 0 Å². The van der Waals surface area contributed by atoms with E-state index in [1.807, 2.05) is 0 Å². The fourth-order valence-electron chi connectivity index (χ4n) is 5.36. The van der Waals surface area contributed by atoms with Crippen molar-refractivity contribution in [2.45, 2.75) is 193 Å². The molecule has 0 bridgehead atoms. The summed E-state index contributed by atoms with van der Waals surface area (Å²) in [6.07, 6.45) is 31.7. The minimum Gasteiger partial charge on any atom is -0.483 e. The van der Waals surface area contributed by atoms with E-state index in [1.165, 1.54) is 135 Å². The molecule has 0 radical (unpaired) electrons. The number of nitrogens with zero attached hydrogens (tertiary/aromatic N) is 1. The van der Waals surface area contributed by atoms with Gasteiger partial charge in [0.15, 0.2) is 0 Å². The highest BCUT2D eigenvalue weighted by Crippen LogP contribution is 2.15. The molecule has 3 N–H and O–H groups in total.